The topological polar surface area (TPSA) is 3.24 Å². The number of hydrogen-bond acceptors (Lipinski definition) is 1. The minimum atomic E-state index is 0.365. The van der Waals surface area contributed by atoms with Crippen LogP contribution in [-0.4, -0.2) is 24.0 Å². The van der Waals surface area contributed by atoms with Gasteiger partial charge in [-0.05, 0) is 36.3 Å². The van der Waals surface area contributed by atoms with Crippen molar-refractivity contribution >= 4 is 10.8 Å². The Morgan fingerprint density at radius 3 is 2.38 bits per heavy atom. The molecule has 0 spiro atoms. The third-order valence-corrected chi connectivity index (χ3v) is 3.98. The van der Waals surface area contributed by atoms with Crippen LogP contribution < -0.4 is 0 Å². The van der Waals surface area contributed by atoms with Gasteiger partial charge in [-0.2, -0.15) is 0 Å². The second kappa shape index (κ2) is 7.86. The van der Waals surface area contributed by atoms with E-state index in [1.165, 1.54) is 17.2 Å². The summed E-state index contributed by atoms with van der Waals surface area (Å²) in [7, 11) is 0. The standard InChI is InChI=1S/C20H25N/c1-4-10-19(21(5-2)6-3)16-15-18-13-9-12-17-11-7-8-14-20(17)18/h7-9,11-14,19H,4-6,10H2,1-3H3. The van der Waals surface area contributed by atoms with Crippen LogP contribution in [0.5, 0.6) is 0 Å². The Bertz CT molecular complexity index is 624. The summed E-state index contributed by atoms with van der Waals surface area (Å²) in [5.74, 6) is 6.94. The van der Waals surface area contributed by atoms with Crippen LogP contribution in [0, 0.1) is 11.8 Å². The molecule has 0 fully saturated rings. The van der Waals surface area contributed by atoms with Crippen molar-refractivity contribution in [3.63, 3.8) is 0 Å². The second-order valence-electron chi connectivity index (χ2n) is 5.32. The number of benzene rings is 2. The lowest BCUT2D eigenvalue weighted by Gasteiger charge is -2.25. The van der Waals surface area contributed by atoms with Gasteiger partial charge in [0.1, 0.15) is 0 Å². The predicted molar refractivity (Wildman–Crippen MR) is 92.4 cm³/mol. The minimum Gasteiger partial charge on any atom is -0.290 e. The molecule has 0 aromatic heterocycles. The lowest BCUT2D eigenvalue weighted by molar-refractivity contribution is 0.250. The maximum Gasteiger partial charge on any atom is 0.0718 e. The van der Waals surface area contributed by atoms with Gasteiger partial charge in [0.15, 0.2) is 0 Å². The van der Waals surface area contributed by atoms with E-state index in [0.717, 1.165) is 25.1 Å². The zero-order valence-corrected chi connectivity index (χ0v) is 13.4. The van der Waals surface area contributed by atoms with Crippen molar-refractivity contribution in [1.82, 2.24) is 4.90 Å². The highest BCUT2D eigenvalue weighted by atomic mass is 15.1. The van der Waals surface area contributed by atoms with E-state index in [1.54, 1.807) is 0 Å². The molecule has 2 aromatic carbocycles. The minimum absolute atomic E-state index is 0.365. The molecular weight excluding hydrogens is 254 g/mol. The fourth-order valence-corrected chi connectivity index (χ4v) is 2.78. The molecule has 0 heterocycles. The molecular formula is C20H25N. The first-order valence-corrected chi connectivity index (χ1v) is 8.03. The van der Waals surface area contributed by atoms with Crippen LogP contribution in [0.1, 0.15) is 39.2 Å². The van der Waals surface area contributed by atoms with E-state index >= 15 is 0 Å². The molecule has 1 atom stereocenters. The Morgan fingerprint density at radius 1 is 0.952 bits per heavy atom. The first kappa shape index (κ1) is 15.6. The van der Waals surface area contributed by atoms with Crippen LogP contribution in [0.2, 0.25) is 0 Å². The predicted octanol–water partition coefficient (Wildman–Crippen LogP) is 4.70. The SMILES string of the molecule is CCCC(C#Cc1cccc2ccccc12)N(CC)CC. The monoisotopic (exact) mass is 279 g/mol. The van der Waals surface area contributed by atoms with Gasteiger partial charge in [-0.15, -0.1) is 0 Å². The van der Waals surface area contributed by atoms with Crippen LogP contribution in [0.4, 0.5) is 0 Å². The van der Waals surface area contributed by atoms with Gasteiger partial charge >= 0.3 is 0 Å². The molecule has 2 rings (SSSR count). The van der Waals surface area contributed by atoms with Gasteiger partial charge < -0.3 is 0 Å². The van der Waals surface area contributed by atoms with E-state index in [4.69, 9.17) is 0 Å². The maximum atomic E-state index is 3.51. The van der Waals surface area contributed by atoms with E-state index in [1.807, 2.05) is 0 Å². The van der Waals surface area contributed by atoms with E-state index in [0.29, 0.717) is 6.04 Å². The van der Waals surface area contributed by atoms with Crippen molar-refractivity contribution in [3.05, 3.63) is 48.0 Å². The normalized spacial score (nSPS) is 12.2. The highest BCUT2D eigenvalue weighted by Crippen LogP contribution is 2.17. The molecule has 0 saturated carbocycles. The van der Waals surface area contributed by atoms with E-state index in [9.17, 15) is 0 Å². The van der Waals surface area contributed by atoms with Gasteiger partial charge in [-0.3, -0.25) is 4.90 Å². The lowest BCUT2D eigenvalue weighted by atomic mass is 10.0. The zero-order valence-electron chi connectivity index (χ0n) is 13.4. The van der Waals surface area contributed by atoms with E-state index < -0.39 is 0 Å². The molecule has 0 saturated heterocycles. The van der Waals surface area contributed by atoms with Gasteiger partial charge in [-0.1, -0.05) is 75.4 Å². The summed E-state index contributed by atoms with van der Waals surface area (Å²) in [6, 6.07) is 15.2. The van der Waals surface area contributed by atoms with Gasteiger partial charge in [0.05, 0.1) is 6.04 Å². The van der Waals surface area contributed by atoms with Gasteiger partial charge in [0.2, 0.25) is 0 Å². The summed E-state index contributed by atoms with van der Waals surface area (Å²) in [6.45, 7) is 8.78. The maximum absolute atomic E-state index is 3.51. The molecule has 21 heavy (non-hydrogen) atoms. The number of fused-ring (bicyclic) bond motifs is 1. The summed E-state index contributed by atoms with van der Waals surface area (Å²) in [5.41, 5.74) is 1.14. The fourth-order valence-electron chi connectivity index (χ4n) is 2.78. The molecule has 1 nitrogen and oxygen atoms in total. The van der Waals surface area contributed by atoms with Gasteiger partial charge in [0, 0.05) is 5.56 Å². The van der Waals surface area contributed by atoms with Crippen LogP contribution in [0.15, 0.2) is 42.5 Å². The Morgan fingerprint density at radius 2 is 1.67 bits per heavy atom. The largest absolute Gasteiger partial charge is 0.290 e. The molecule has 0 radical (unpaired) electrons. The van der Waals surface area contributed by atoms with Crippen LogP contribution in [-0.2, 0) is 0 Å². The fraction of sp³-hybridized carbons (Fsp3) is 0.400. The summed E-state index contributed by atoms with van der Waals surface area (Å²) in [4.78, 5) is 2.45. The molecule has 110 valence electrons. The molecule has 0 aliphatic heterocycles. The molecule has 1 unspecified atom stereocenters. The average molecular weight is 279 g/mol. The highest BCUT2D eigenvalue weighted by molar-refractivity contribution is 5.88. The quantitative estimate of drug-likeness (QED) is 0.717. The second-order valence-corrected chi connectivity index (χ2v) is 5.32. The van der Waals surface area contributed by atoms with Crippen molar-refractivity contribution in [1.29, 1.82) is 0 Å². The number of hydrogen-bond donors (Lipinski definition) is 0. The van der Waals surface area contributed by atoms with Gasteiger partial charge in [-0.25, -0.2) is 0 Å². The highest BCUT2D eigenvalue weighted by Gasteiger charge is 2.11. The molecule has 0 amide bonds. The van der Waals surface area contributed by atoms with Crippen molar-refractivity contribution in [3.8, 4) is 11.8 Å². The first-order chi connectivity index (χ1) is 10.3. The van der Waals surface area contributed by atoms with Crippen molar-refractivity contribution < 1.29 is 0 Å². The summed E-state index contributed by atoms with van der Waals surface area (Å²) in [5, 5.41) is 2.52. The van der Waals surface area contributed by atoms with Gasteiger partial charge in [0.25, 0.3) is 0 Å². The molecule has 0 bridgehead atoms. The smallest absolute Gasteiger partial charge is 0.0718 e. The Labute approximate surface area is 129 Å². The number of nitrogens with zero attached hydrogens (tertiary/aromatic N) is 1. The number of rotatable bonds is 5. The van der Waals surface area contributed by atoms with Crippen LogP contribution in [0.3, 0.4) is 0 Å². The molecule has 2 aromatic rings. The molecule has 1 heteroatoms. The molecule has 0 N–H and O–H groups in total. The molecule has 0 aliphatic rings. The van der Waals surface area contributed by atoms with Crippen molar-refractivity contribution in [2.45, 2.75) is 39.7 Å². The third-order valence-electron chi connectivity index (χ3n) is 3.98. The van der Waals surface area contributed by atoms with Crippen molar-refractivity contribution in [2.75, 3.05) is 13.1 Å². The summed E-state index contributed by atoms with van der Waals surface area (Å²) >= 11 is 0. The Kier molecular flexibility index (Phi) is 5.84. The summed E-state index contributed by atoms with van der Waals surface area (Å²) < 4.78 is 0. The average Bonchev–Trinajstić information content (AvgIpc) is 2.53. The van der Waals surface area contributed by atoms with Crippen LogP contribution >= 0.6 is 0 Å². The molecule has 0 aliphatic carbocycles. The lowest BCUT2D eigenvalue weighted by Crippen LogP contribution is -2.33. The summed E-state index contributed by atoms with van der Waals surface area (Å²) in [6.07, 6.45) is 2.31. The Balaban J connectivity index is 2.33. The van der Waals surface area contributed by atoms with E-state index in [-0.39, 0.29) is 0 Å². The Hall–Kier alpha value is -1.78. The van der Waals surface area contributed by atoms with Crippen molar-refractivity contribution in [2.24, 2.45) is 0 Å². The van der Waals surface area contributed by atoms with E-state index in [2.05, 4.69) is 80.0 Å². The third kappa shape index (κ3) is 3.86. The van der Waals surface area contributed by atoms with Crippen LogP contribution in [0.25, 0.3) is 10.8 Å². The first-order valence-electron chi connectivity index (χ1n) is 8.03. The zero-order chi connectivity index (χ0) is 15.1.